The molecule has 6 heteroatoms. The van der Waals surface area contributed by atoms with E-state index >= 15 is 0 Å². The number of nitrogens with zero attached hydrogens (tertiary/aromatic N) is 1. The molecule has 5 nitrogen and oxygen atoms in total. The Bertz CT molecular complexity index is 1020. The molecule has 2 fully saturated rings. The van der Waals surface area contributed by atoms with E-state index in [1.165, 1.54) is 25.2 Å². The number of ether oxygens (including phenoxy) is 1. The number of amides is 1. The molecule has 0 aromatic heterocycles. The maximum absolute atomic E-state index is 13.6. The first kappa shape index (κ1) is 25.4. The van der Waals surface area contributed by atoms with Gasteiger partial charge in [-0.1, -0.05) is 30.4 Å². The number of benzene rings is 2. The Morgan fingerprint density at radius 2 is 1.91 bits per heavy atom. The van der Waals surface area contributed by atoms with Crippen LogP contribution in [0.4, 0.5) is 4.39 Å². The van der Waals surface area contributed by atoms with Crippen molar-refractivity contribution < 1.29 is 19.0 Å². The predicted molar refractivity (Wildman–Crippen MR) is 136 cm³/mol. The molecule has 3 atom stereocenters. The van der Waals surface area contributed by atoms with E-state index < -0.39 is 0 Å². The van der Waals surface area contributed by atoms with Crippen LogP contribution in [0.5, 0.6) is 5.75 Å². The molecule has 2 aromatic rings. The van der Waals surface area contributed by atoms with Gasteiger partial charge in [0, 0.05) is 31.2 Å². The van der Waals surface area contributed by atoms with Crippen LogP contribution < -0.4 is 10.1 Å². The maximum Gasteiger partial charge on any atom is 0.253 e. The van der Waals surface area contributed by atoms with Gasteiger partial charge in [0.2, 0.25) is 0 Å². The van der Waals surface area contributed by atoms with Crippen LogP contribution in [0.25, 0.3) is 0 Å². The number of allylic oxidation sites excluding steroid dienone is 1. The topological polar surface area (TPSA) is 61.8 Å². The van der Waals surface area contributed by atoms with Gasteiger partial charge in [0.1, 0.15) is 0 Å². The lowest BCUT2D eigenvalue weighted by atomic mass is 9.95. The van der Waals surface area contributed by atoms with Crippen molar-refractivity contribution >= 4 is 5.91 Å². The number of rotatable bonds is 8. The van der Waals surface area contributed by atoms with E-state index in [1.54, 1.807) is 12.1 Å². The number of hydrogen-bond acceptors (Lipinski definition) is 4. The van der Waals surface area contributed by atoms with Gasteiger partial charge in [-0.2, -0.15) is 0 Å². The summed E-state index contributed by atoms with van der Waals surface area (Å²) in [4.78, 5) is 14.6. The molecule has 0 radical (unpaired) electrons. The minimum atomic E-state index is -0.344. The smallest absolute Gasteiger partial charge is 0.253 e. The Kier molecular flexibility index (Phi) is 8.58. The van der Waals surface area contributed by atoms with Crippen LogP contribution in [0.1, 0.15) is 72.5 Å². The molecule has 0 spiro atoms. The molecule has 1 aliphatic carbocycles. The van der Waals surface area contributed by atoms with E-state index in [2.05, 4.69) is 36.5 Å². The molecule has 1 unspecified atom stereocenters. The van der Waals surface area contributed by atoms with Crippen molar-refractivity contribution in [2.24, 2.45) is 5.92 Å². The summed E-state index contributed by atoms with van der Waals surface area (Å²) < 4.78 is 18.7. The highest BCUT2D eigenvalue weighted by Crippen LogP contribution is 2.39. The number of methoxy groups -OCH3 is 1. The molecule has 188 valence electrons. The molecular formula is C29H37FN2O3. The van der Waals surface area contributed by atoms with Crippen LogP contribution in [-0.4, -0.2) is 48.8 Å². The summed E-state index contributed by atoms with van der Waals surface area (Å²) in [5.41, 5.74) is 3.04. The highest BCUT2D eigenvalue weighted by Gasteiger charge is 2.25. The Balaban J connectivity index is 1.23. The lowest BCUT2D eigenvalue weighted by Gasteiger charge is -2.29. The van der Waals surface area contributed by atoms with Crippen molar-refractivity contribution in [2.45, 2.75) is 57.1 Å². The summed E-state index contributed by atoms with van der Waals surface area (Å²) in [6.07, 6.45) is 9.01. The Labute approximate surface area is 208 Å². The van der Waals surface area contributed by atoms with Crippen LogP contribution in [0.3, 0.4) is 0 Å². The zero-order chi connectivity index (χ0) is 24.8. The molecule has 1 heterocycles. The first-order valence-electron chi connectivity index (χ1n) is 12.8. The highest BCUT2D eigenvalue weighted by molar-refractivity contribution is 5.94. The minimum absolute atomic E-state index is 0.0662. The molecule has 0 bridgehead atoms. The number of carbonyl (C=O) groups excluding carboxylic acids is 1. The second-order valence-corrected chi connectivity index (χ2v) is 9.87. The van der Waals surface area contributed by atoms with Crippen LogP contribution in [0, 0.1) is 11.7 Å². The van der Waals surface area contributed by atoms with Crippen molar-refractivity contribution in [3.8, 4) is 5.75 Å². The van der Waals surface area contributed by atoms with Gasteiger partial charge >= 0.3 is 0 Å². The number of carbonyl (C=O) groups is 1. The van der Waals surface area contributed by atoms with Gasteiger partial charge in [0.05, 0.1) is 13.2 Å². The van der Waals surface area contributed by atoms with Crippen LogP contribution >= 0.6 is 0 Å². The molecule has 2 aromatic carbocycles. The molecule has 4 rings (SSSR count). The van der Waals surface area contributed by atoms with Crippen LogP contribution in [0.15, 0.2) is 54.6 Å². The third-order valence-corrected chi connectivity index (χ3v) is 7.48. The van der Waals surface area contributed by atoms with Gasteiger partial charge in [0.25, 0.3) is 5.91 Å². The fraction of sp³-hybridized carbons (Fsp3) is 0.483. The lowest BCUT2D eigenvalue weighted by Crippen LogP contribution is -2.40. The number of aliphatic hydroxyl groups is 1. The Morgan fingerprint density at radius 1 is 1.17 bits per heavy atom. The van der Waals surface area contributed by atoms with E-state index in [1.807, 2.05) is 17.0 Å². The molecule has 1 aliphatic heterocycles. The van der Waals surface area contributed by atoms with Gasteiger partial charge in [-0.05, 0) is 86.3 Å². The average molecular weight is 481 g/mol. The van der Waals surface area contributed by atoms with Gasteiger partial charge < -0.3 is 20.1 Å². The van der Waals surface area contributed by atoms with Crippen molar-refractivity contribution in [1.82, 2.24) is 10.2 Å². The van der Waals surface area contributed by atoms with Crippen molar-refractivity contribution in [3.05, 3.63) is 77.1 Å². The standard InChI is InChI=1S/C29H37FN2O3/c1-20(24-11-12-27(30)28(19-24)35-2)31-15-3-4-21-5-6-25(18-21)22-7-9-23(10-8-22)29(34)32-16-13-26(33)14-17-32/h3-4,7-12,19-21,25-26,31,33H,5-6,13-18H2,1-2H3/b4-3+/t20-,21?,25+/m1/s1. The van der Waals surface area contributed by atoms with E-state index in [0.29, 0.717) is 37.8 Å². The normalized spacial score (nSPS) is 22.0. The highest BCUT2D eigenvalue weighted by atomic mass is 19.1. The average Bonchev–Trinajstić information content (AvgIpc) is 3.36. The zero-order valence-electron chi connectivity index (χ0n) is 20.8. The zero-order valence-corrected chi connectivity index (χ0v) is 20.8. The number of hydrogen-bond donors (Lipinski definition) is 2. The predicted octanol–water partition coefficient (Wildman–Crippen LogP) is 5.22. The molecule has 2 aliphatic rings. The SMILES string of the molecule is COc1cc([C@@H](C)NC/C=C/C2CC[C@H](c3ccc(C(=O)N4CCC(O)CC4)cc3)C2)ccc1F. The van der Waals surface area contributed by atoms with Gasteiger partial charge in [-0.3, -0.25) is 4.79 Å². The van der Waals surface area contributed by atoms with Crippen LogP contribution in [-0.2, 0) is 0 Å². The van der Waals surface area contributed by atoms with Gasteiger partial charge in [-0.25, -0.2) is 4.39 Å². The minimum Gasteiger partial charge on any atom is -0.494 e. The number of halogens is 1. The van der Waals surface area contributed by atoms with Crippen molar-refractivity contribution in [2.75, 3.05) is 26.7 Å². The molecule has 2 N–H and O–H groups in total. The monoisotopic (exact) mass is 480 g/mol. The second kappa shape index (κ2) is 11.8. The first-order chi connectivity index (χ1) is 16.9. The summed E-state index contributed by atoms with van der Waals surface area (Å²) in [5, 5.41) is 13.1. The number of aliphatic hydroxyl groups excluding tert-OH is 1. The molecule has 1 saturated heterocycles. The summed E-state index contributed by atoms with van der Waals surface area (Å²) in [5.74, 6) is 1.08. The van der Waals surface area contributed by atoms with Gasteiger partial charge in [0.15, 0.2) is 11.6 Å². The maximum atomic E-state index is 13.6. The van der Waals surface area contributed by atoms with Crippen molar-refractivity contribution in [1.29, 1.82) is 0 Å². The third kappa shape index (κ3) is 6.50. The van der Waals surface area contributed by atoms with Gasteiger partial charge in [-0.15, -0.1) is 0 Å². The lowest BCUT2D eigenvalue weighted by molar-refractivity contribution is 0.0546. The number of likely N-dealkylation sites (tertiary alicyclic amines) is 1. The van der Waals surface area contributed by atoms with Crippen molar-refractivity contribution in [3.63, 3.8) is 0 Å². The second-order valence-electron chi connectivity index (χ2n) is 9.87. The molecule has 1 amide bonds. The first-order valence-corrected chi connectivity index (χ1v) is 12.8. The van der Waals surface area contributed by atoms with E-state index in [4.69, 9.17) is 4.74 Å². The van der Waals surface area contributed by atoms with Crippen LogP contribution in [0.2, 0.25) is 0 Å². The summed E-state index contributed by atoms with van der Waals surface area (Å²) >= 11 is 0. The summed E-state index contributed by atoms with van der Waals surface area (Å²) in [6.45, 7) is 4.08. The fourth-order valence-electron chi connectivity index (χ4n) is 5.21. The fourth-order valence-corrected chi connectivity index (χ4v) is 5.21. The number of nitrogens with one attached hydrogen (secondary N) is 1. The molecule has 35 heavy (non-hydrogen) atoms. The molecule has 1 saturated carbocycles. The Hall–Kier alpha value is -2.70. The Morgan fingerprint density at radius 3 is 2.63 bits per heavy atom. The third-order valence-electron chi connectivity index (χ3n) is 7.48. The quantitative estimate of drug-likeness (QED) is 0.509. The number of piperidine rings is 1. The van der Waals surface area contributed by atoms with E-state index in [9.17, 15) is 14.3 Å². The summed E-state index contributed by atoms with van der Waals surface area (Å²) in [7, 11) is 1.48. The molecular weight excluding hydrogens is 443 g/mol. The summed E-state index contributed by atoms with van der Waals surface area (Å²) in [6, 6.07) is 13.2. The largest absolute Gasteiger partial charge is 0.494 e. The van der Waals surface area contributed by atoms with E-state index in [0.717, 1.165) is 30.5 Å². The van der Waals surface area contributed by atoms with E-state index in [-0.39, 0.29) is 29.6 Å².